The summed E-state index contributed by atoms with van der Waals surface area (Å²) in [7, 11) is 0. The smallest absolute Gasteiger partial charge is 0.195 e. The minimum absolute atomic E-state index is 0.735. The Labute approximate surface area is 166 Å². The molecule has 0 saturated heterocycles. The zero-order valence-electron chi connectivity index (χ0n) is 14.9. The van der Waals surface area contributed by atoms with Gasteiger partial charge in [0, 0.05) is 22.8 Å². The monoisotopic (exact) mass is 386 g/mol. The first kappa shape index (κ1) is 16.7. The molecular weight excluding hydrogens is 370 g/mol. The van der Waals surface area contributed by atoms with Crippen LogP contribution in [0.1, 0.15) is 5.69 Å². The van der Waals surface area contributed by atoms with Crippen LogP contribution in [-0.4, -0.2) is 20.2 Å². The van der Waals surface area contributed by atoms with E-state index in [-0.39, 0.29) is 0 Å². The van der Waals surface area contributed by atoms with Gasteiger partial charge in [0.1, 0.15) is 16.9 Å². The molecule has 0 amide bonds. The molecule has 0 atom stereocenters. The van der Waals surface area contributed by atoms with Crippen molar-refractivity contribution < 1.29 is 4.57 Å². The Morgan fingerprint density at radius 3 is 2.57 bits per heavy atom. The van der Waals surface area contributed by atoms with E-state index in [0.717, 1.165) is 50.8 Å². The third kappa shape index (κ3) is 3.28. The largest absolute Gasteiger partial charge is 0.333 e. The van der Waals surface area contributed by atoms with Gasteiger partial charge in [-0.15, -0.1) is 0 Å². The van der Waals surface area contributed by atoms with E-state index in [2.05, 4.69) is 56.3 Å². The van der Waals surface area contributed by atoms with Crippen LogP contribution in [0.25, 0.3) is 33.5 Å². The maximum atomic E-state index is 6.10. The number of imidazole rings is 1. The van der Waals surface area contributed by atoms with Gasteiger partial charge >= 0.3 is 0 Å². The van der Waals surface area contributed by atoms with Gasteiger partial charge in [0.15, 0.2) is 18.9 Å². The highest BCUT2D eigenvalue weighted by Crippen LogP contribution is 2.26. The zero-order chi connectivity index (χ0) is 18.9. The van der Waals surface area contributed by atoms with Gasteiger partial charge in [-0.2, -0.15) is 9.67 Å². The number of hydrogen-bond acceptors (Lipinski definition) is 2. The summed E-state index contributed by atoms with van der Waals surface area (Å²) in [5.74, 6) is 0.854. The quantitative estimate of drug-likeness (QED) is 0.443. The molecule has 0 aliphatic rings. The summed E-state index contributed by atoms with van der Waals surface area (Å²) >= 11 is 6.10. The first-order valence-corrected chi connectivity index (χ1v) is 9.36. The highest BCUT2D eigenvalue weighted by atomic mass is 35.5. The summed E-state index contributed by atoms with van der Waals surface area (Å²) in [6.07, 6.45) is 5.85. The standard InChI is InChI=1S/C22H16ClN5/c23-18-3-1-2-17(12-18)15-4-6-16(7-5-15)22-25-20-9-11-28(14-21(20)26-22)13-19-8-10-24-27-19/h1-12,14H,13H2,(H,24,27)/p+1. The number of rotatable bonds is 4. The molecule has 3 aromatic heterocycles. The first-order chi connectivity index (χ1) is 13.7. The van der Waals surface area contributed by atoms with Gasteiger partial charge in [-0.3, -0.25) is 5.10 Å². The Bertz CT molecular complexity index is 1240. The zero-order valence-corrected chi connectivity index (χ0v) is 15.7. The molecule has 5 aromatic rings. The lowest BCUT2D eigenvalue weighted by atomic mass is 10.0. The lowest BCUT2D eigenvalue weighted by molar-refractivity contribution is -0.687. The number of fused-ring (bicyclic) bond motifs is 1. The van der Waals surface area contributed by atoms with E-state index >= 15 is 0 Å². The van der Waals surface area contributed by atoms with Crippen molar-refractivity contribution in [2.24, 2.45) is 0 Å². The van der Waals surface area contributed by atoms with E-state index in [0.29, 0.717) is 0 Å². The summed E-state index contributed by atoms with van der Waals surface area (Å²) in [6, 6.07) is 20.2. The maximum absolute atomic E-state index is 6.10. The van der Waals surface area contributed by atoms with E-state index in [1.54, 1.807) is 6.20 Å². The van der Waals surface area contributed by atoms with Crippen molar-refractivity contribution in [2.45, 2.75) is 6.54 Å². The molecule has 0 saturated carbocycles. The van der Waals surface area contributed by atoms with Crippen molar-refractivity contribution >= 4 is 22.6 Å². The second-order valence-electron chi connectivity index (χ2n) is 6.67. The molecule has 0 aliphatic heterocycles. The van der Waals surface area contributed by atoms with E-state index in [4.69, 9.17) is 16.6 Å². The molecule has 0 unspecified atom stereocenters. The second-order valence-corrected chi connectivity index (χ2v) is 7.11. The fourth-order valence-corrected chi connectivity index (χ4v) is 3.48. The molecule has 0 spiro atoms. The van der Waals surface area contributed by atoms with E-state index in [1.807, 2.05) is 36.5 Å². The minimum Gasteiger partial charge on any atom is -0.333 e. The van der Waals surface area contributed by atoms with Crippen LogP contribution in [0.15, 0.2) is 79.3 Å². The van der Waals surface area contributed by atoms with Crippen molar-refractivity contribution in [1.29, 1.82) is 0 Å². The second kappa shape index (κ2) is 6.94. The van der Waals surface area contributed by atoms with Crippen LogP contribution in [0.5, 0.6) is 0 Å². The van der Waals surface area contributed by atoms with E-state index in [1.165, 1.54) is 0 Å². The van der Waals surface area contributed by atoms with Crippen molar-refractivity contribution in [3.8, 4) is 22.5 Å². The van der Waals surface area contributed by atoms with Crippen LogP contribution < -0.4 is 4.57 Å². The maximum Gasteiger partial charge on any atom is 0.195 e. The molecule has 5 nitrogen and oxygen atoms in total. The topological polar surface area (TPSA) is 61.2 Å². The normalized spacial score (nSPS) is 11.2. The van der Waals surface area contributed by atoms with Crippen LogP contribution in [-0.2, 0) is 6.54 Å². The van der Waals surface area contributed by atoms with Crippen molar-refractivity contribution in [1.82, 2.24) is 20.2 Å². The van der Waals surface area contributed by atoms with Crippen molar-refractivity contribution in [3.63, 3.8) is 0 Å². The fraction of sp³-hybridized carbons (Fsp3) is 0.0455. The average Bonchev–Trinajstić information content (AvgIpc) is 3.37. The van der Waals surface area contributed by atoms with Gasteiger partial charge in [0.2, 0.25) is 0 Å². The number of H-pyrrole nitrogens is 2. The summed E-state index contributed by atoms with van der Waals surface area (Å²) in [5.41, 5.74) is 6.26. The highest BCUT2D eigenvalue weighted by molar-refractivity contribution is 6.30. The lowest BCUT2D eigenvalue weighted by Crippen LogP contribution is -2.33. The molecule has 136 valence electrons. The van der Waals surface area contributed by atoms with Gasteiger partial charge < -0.3 is 4.98 Å². The Hall–Kier alpha value is -3.44. The van der Waals surface area contributed by atoms with Crippen LogP contribution in [0.3, 0.4) is 0 Å². The predicted molar refractivity (Wildman–Crippen MR) is 110 cm³/mol. The van der Waals surface area contributed by atoms with Crippen LogP contribution >= 0.6 is 11.6 Å². The Morgan fingerprint density at radius 1 is 0.929 bits per heavy atom. The third-order valence-electron chi connectivity index (χ3n) is 4.71. The molecule has 2 N–H and O–H groups in total. The van der Waals surface area contributed by atoms with E-state index in [9.17, 15) is 0 Å². The molecule has 0 bridgehead atoms. The average molecular weight is 387 g/mol. The summed E-state index contributed by atoms with van der Waals surface area (Å²) in [4.78, 5) is 8.15. The molecule has 6 heteroatoms. The lowest BCUT2D eigenvalue weighted by Gasteiger charge is -2.03. The van der Waals surface area contributed by atoms with Crippen molar-refractivity contribution in [2.75, 3.05) is 0 Å². The van der Waals surface area contributed by atoms with Crippen LogP contribution in [0, 0.1) is 0 Å². The van der Waals surface area contributed by atoms with Gasteiger partial charge in [-0.05, 0) is 29.3 Å². The number of pyridine rings is 1. The number of hydrogen-bond donors (Lipinski definition) is 2. The van der Waals surface area contributed by atoms with Crippen molar-refractivity contribution in [3.05, 3.63) is 90.0 Å². The fourth-order valence-electron chi connectivity index (χ4n) is 3.29. The Morgan fingerprint density at radius 2 is 1.79 bits per heavy atom. The number of aromatic nitrogens is 5. The molecular formula is C22H17ClN5+. The molecule has 0 aliphatic carbocycles. The molecule has 28 heavy (non-hydrogen) atoms. The first-order valence-electron chi connectivity index (χ1n) is 8.98. The number of benzene rings is 2. The Kier molecular flexibility index (Phi) is 4.14. The number of nitrogens with one attached hydrogen (secondary N) is 2. The van der Waals surface area contributed by atoms with Gasteiger partial charge in [-0.1, -0.05) is 48.0 Å². The van der Waals surface area contributed by atoms with Gasteiger partial charge in [-0.25, -0.2) is 4.98 Å². The molecule has 0 fully saturated rings. The summed E-state index contributed by atoms with van der Waals surface area (Å²) in [5, 5.41) is 7.71. The SMILES string of the molecule is Clc1cccc(-c2ccc(-c3nc4cc[n+](Cc5ccn[nH]5)cc4[nH]3)cc2)c1. The van der Waals surface area contributed by atoms with Gasteiger partial charge in [0.25, 0.3) is 0 Å². The minimum atomic E-state index is 0.735. The van der Waals surface area contributed by atoms with Gasteiger partial charge in [0.05, 0.1) is 5.69 Å². The van der Waals surface area contributed by atoms with E-state index < -0.39 is 0 Å². The summed E-state index contributed by atoms with van der Waals surface area (Å²) < 4.78 is 2.10. The molecule has 0 radical (unpaired) electrons. The number of nitrogens with zero attached hydrogens (tertiary/aromatic N) is 3. The molecule has 2 aromatic carbocycles. The molecule has 5 rings (SSSR count). The van der Waals surface area contributed by atoms with Crippen LogP contribution in [0.4, 0.5) is 0 Å². The predicted octanol–water partition coefficient (Wildman–Crippen LogP) is 4.61. The van der Waals surface area contributed by atoms with Crippen LogP contribution in [0.2, 0.25) is 5.02 Å². The number of halogens is 1. The molecule has 3 heterocycles. The Balaban J connectivity index is 1.44. The third-order valence-corrected chi connectivity index (χ3v) is 4.94. The summed E-state index contributed by atoms with van der Waals surface area (Å²) in [6.45, 7) is 0.735. The highest BCUT2D eigenvalue weighted by Gasteiger charge is 2.11. The number of aromatic amines is 2.